The molecule has 2 heterocycles. The summed E-state index contributed by atoms with van der Waals surface area (Å²) in [5.41, 5.74) is 0.860. The molecule has 2 amide bonds. The molecule has 0 radical (unpaired) electrons. The van der Waals surface area contributed by atoms with Crippen LogP contribution in [0.4, 0.5) is 5.69 Å². The molecule has 3 atom stereocenters. The highest BCUT2D eigenvalue weighted by Gasteiger charge is 2.36. The van der Waals surface area contributed by atoms with E-state index in [9.17, 15) is 14.7 Å². The number of hydrogen-bond acceptors (Lipinski definition) is 4. The van der Waals surface area contributed by atoms with Gasteiger partial charge in [0.1, 0.15) is 0 Å². The summed E-state index contributed by atoms with van der Waals surface area (Å²) >= 11 is 0. The standard InChI is InChI=1S/C20H23N3O3.ClH/c24-18-11-21-9-15(18)10-22-20(26)14-8-19(25)23(12-14)17-7-3-5-13-4-1-2-6-16(13)17;/h1-7,14-15,18,21,24H,8-12H2,(H,22,26);1H. The molecular weight excluding hydrogens is 366 g/mol. The maximum Gasteiger partial charge on any atom is 0.227 e. The molecule has 0 aromatic heterocycles. The molecule has 144 valence electrons. The molecule has 3 N–H and O–H groups in total. The lowest BCUT2D eigenvalue weighted by molar-refractivity contribution is -0.126. The number of hydrogen-bond donors (Lipinski definition) is 3. The van der Waals surface area contributed by atoms with Crippen LogP contribution in [0.2, 0.25) is 0 Å². The fraction of sp³-hybridized carbons (Fsp3) is 0.400. The van der Waals surface area contributed by atoms with Gasteiger partial charge in [-0.05, 0) is 11.5 Å². The molecule has 2 aromatic rings. The van der Waals surface area contributed by atoms with Crippen molar-refractivity contribution in [2.45, 2.75) is 12.5 Å². The first kappa shape index (κ1) is 19.6. The highest BCUT2D eigenvalue weighted by atomic mass is 35.5. The van der Waals surface area contributed by atoms with Crippen LogP contribution >= 0.6 is 12.4 Å². The third-order valence-electron chi connectivity index (χ3n) is 5.40. The highest BCUT2D eigenvalue weighted by Crippen LogP contribution is 2.31. The number of nitrogens with one attached hydrogen (secondary N) is 2. The minimum atomic E-state index is -0.423. The zero-order valence-electron chi connectivity index (χ0n) is 14.9. The van der Waals surface area contributed by atoms with Gasteiger partial charge in [0, 0.05) is 43.9 Å². The number of amides is 2. The first-order valence-electron chi connectivity index (χ1n) is 9.08. The summed E-state index contributed by atoms with van der Waals surface area (Å²) in [6.07, 6.45) is -0.201. The number of aliphatic hydroxyl groups is 1. The molecule has 2 fully saturated rings. The van der Waals surface area contributed by atoms with Crippen molar-refractivity contribution in [3.8, 4) is 0 Å². The van der Waals surface area contributed by atoms with E-state index in [0.29, 0.717) is 26.2 Å². The molecule has 2 saturated heterocycles. The molecule has 2 aliphatic rings. The van der Waals surface area contributed by atoms with Crippen LogP contribution in [0.5, 0.6) is 0 Å². The van der Waals surface area contributed by atoms with E-state index in [0.717, 1.165) is 16.5 Å². The summed E-state index contributed by atoms with van der Waals surface area (Å²) in [5, 5.41) is 17.9. The maximum atomic E-state index is 12.5. The Balaban J connectivity index is 0.00000210. The molecule has 0 spiro atoms. The number of anilines is 1. The summed E-state index contributed by atoms with van der Waals surface area (Å²) in [6.45, 7) is 2.10. The minimum absolute atomic E-state index is 0. The molecule has 6 nitrogen and oxygen atoms in total. The molecule has 4 rings (SSSR count). The second-order valence-electron chi connectivity index (χ2n) is 7.13. The lowest BCUT2D eigenvalue weighted by Gasteiger charge is -2.19. The number of β-amino-alcohol motifs (C(OH)–C–C–N with tert-alkyl or cyclic N) is 1. The van der Waals surface area contributed by atoms with Crippen LogP contribution in [0, 0.1) is 11.8 Å². The number of carbonyl (C=O) groups is 2. The van der Waals surface area contributed by atoms with Crippen molar-refractivity contribution < 1.29 is 14.7 Å². The predicted molar refractivity (Wildman–Crippen MR) is 107 cm³/mol. The monoisotopic (exact) mass is 389 g/mol. The van der Waals surface area contributed by atoms with Crippen LogP contribution < -0.4 is 15.5 Å². The summed E-state index contributed by atoms with van der Waals surface area (Å²) in [5.74, 6) is -0.456. The zero-order chi connectivity index (χ0) is 18.1. The van der Waals surface area contributed by atoms with Gasteiger partial charge in [0.25, 0.3) is 0 Å². The average molecular weight is 390 g/mol. The fourth-order valence-electron chi connectivity index (χ4n) is 3.86. The van der Waals surface area contributed by atoms with Crippen LogP contribution in [0.15, 0.2) is 42.5 Å². The third-order valence-corrected chi connectivity index (χ3v) is 5.40. The summed E-state index contributed by atoms with van der Waals surface area (Å²) in [6, 6.07) is 13.8. The third kappa shape index (κ3) is 3.93. The van der Waals surface area contributed by atoms with E-state index < -0.39 is 6.10 Å². The van der Waals surface area contributed by atoms with E-state index in [4.69, 9.17) is 0 Å². The number of halogens is 1. The molecule has 0 bridgehead atoms. The molecule has 3 unspecified atom stereocenters. The van der Waals surface area contributed by atoms with Gasteiger partial charge in [0.15, 0.2) is 0 Å². The Morgan fingerprint density at radius 1 is 1.19 bits per heavy atom. The minimum Gasteiger partial charge on any atom is -0.391 e. The Bertz CT molecular complexity index is 839. The van der Waals surface area contributed by atoms with Gasteiger partial charge in [0.05, 0.1) is 17.7 Å². The molecule has 2 aromatic carbocycles. The van der Waals surface area contributed by atoms with Crippen molar-refractivity contribution >= 4 is 40.7 Å². The van der Waals surface area contributed by atoms with Gasteiger partial charge in [-0.15, -0.1) is 12.4 Å². The second-order valence-corrected chi connectivity index (χ2v) is 7.13. The lowest BCUT2D eigenvalue weighted by atomic mass is 10.0. The summed E-state index contributed by atoms with van der Waals surface area (Å²) in [4.78, 5) is 26.8. The van der Waals surface area contributed by atoms with Gasteiger partial charge >= 0.3 is 0 Å². The van der Waals surface area contributed by atoms with E-state index >= 15 is 0 Å². The largest absolute Gasteiger partial charge is 0.391 e. The van der Waals surface area contributed by atoms with Gasteiger partial charge in [-0.1, -0.05) is 36.4 Å². The fourth-order valence-corrected chi connectivity index (χ4v) is 3.86. The molecule has 0 saturated carbocycles. The van der Waals surface area contributed by atoms with Crippen molar-refractivity contribution in [1.29, 1.82) is 0 Å². The van der Waals surface area contributed by atoms with Crippen molar-refractivity contribution in [2.24, 2.45) is 11.8 Å². The number of carbonyl (C=O) groups excluding carboxylic acids is 2. The number of benzene rings is 2. The van der Waals surface area contributed by atoms with E-state index in [1.165, 1.54) is 0 Å². The quantitative estimate of drug-likeness (QED) is 0.736. The topological polar surface area (TPSA) is 81.7 Å². The predicted octanol–water partition coefficient (Wildman–Crippen LogP) is 1.31. The molecule has 0 aliphatic carbocycles. The Hall–Kier alpha value is -2.15. The van der Waals surface area contributed by atoms with Gasteiger partial charge in [0.2, 0.25) is 11.8 Å². The lowest BCUT2D eigenvalue weighted by Crippen LogP contribution is -2.38. The highest BCUT2D eigenvalue weighted by molar-refractivity contribution is 6.06. The van der Waals surface area contributed by atoms with Crippen molar-refractivity contribution in [1.82, 2.24) is 10.6 Å². The average Bonchev–Trinajstić information content (AvgIpc) is 3.25. The smallest absolute Gasteiger partial charge is 0.227 e. The number of nitrogens with zero attached hydrogens (tertiary/aromatic N) is 1. The van der Waals surface area contributed by atoms with E-state index in [1.54, 1.807) is 4.90 Å². The van der Waals surface area contributed by atoms with Crippen LogP contribution in [-0.4, -0.2) is 49.2 Å². The Kier molecular flexibility index (Phi) is 5.99. The SMILES string of the molecule is Cl.O=C(NCC1CNCC1O)C1CC(=O)N(c2cccc3ccccc23)C1. The van der Waals surface area contributed by atoms with Crippen LogP contribution in [0.3, 0.4) is 0 Å². The van der Waals surface area contributed by atoms with Gasteiger partial charge < -0.3 is 20.6 Å². The summed E-state index contributed by atoms with van der Waals surface area (Å²) < 4.78 is 0. The first-order valence-corrected chi connectivity index (χ1v) is 9.08. The molecule has 7 heteroatoms. The second kappa shape index (κ2) is 8.25. The first-order chi connectivity index (χ1) is 12.6. The molecule has 27 heavy (non-hydrogen) atoms. The van der Waals surface area contributed by atoms with Gasteiger partial charge in [-0.3, -0.25) is 9.59 Å². The maximum absolute atomic E-state index is 12.5. The van der Waals surface area contributed by atoms with Gasteiger partial charge in [-0.25, -0.2) is 0 Å². The zero-order valence-corrected chi connectivity index (χ0v) is 15.7. The number of aliphatic hydroxyl groups excluding tert-OH is 1. The van der Waals surface area contributed by atoms with E-state index in [1.807, 2.05) is 42.5 Å². The van der Waals surface area contributed by atoms with Crippen molar-refractivity contribution in [2.75, 3.05) is 31.1 Å². The Labute approximate surface area is 164 Å². The van der Waals surface area contributed by atoms with Crippen LogP contribution in [0.25, 0.3) is 10.8 Å². The Morgan fingerprint density at radius 2 is 1.96 bits per heavy atom. The van der Waals surface area contributed by atoms with Crippen molar-refractivity contribution in [3.05, 3.63) is 42.5 Å². The molecular formula is C20H24ClN3O3. The summed E-state index contributed by atoms with van der Waals surface area (Å²) in [7, 11) is 0. The number of fused-ring (bicyclic) bond motifs is 1. The molecule has 2 aliphatic heterocycles. The normalized spacial score (nSPS) is 24.9. The van der Waals surface area contributed by atoms with E-state index in [-0.39, 0.29) is 42.5 Å². The Morgan fingerprint density at radius 3 is 2.74 bits per heavy atom. The van der Waals surface area contributed by atoms with Crippen LogP contribution in [0.1, 0.15) is 6.42 Å². The van der Waals surface area contributed by atoms with Crippen molar-refractivity contribution in [3.63, 3.8) is 0 Å². The van der Waals surface area contributed by atoms with Gasteiger partial charge in [-0.2, -0.15) is 0 Å². The number of rotatable bonds is 4. The van der Waals surface area contributed by atoms with E-state index in [2.05, 4.69) is 10.6 Å². The van der Waals surface area contributed by atoms with Crippen LogP contribution in [-0.2, 0) is 9.59 Å².